The Hall–Kier alpha value is -2.42. The fourth-order valence-corrected chi connectivity index (χ4v) is 2.46. The number of rotatable bonds is 3. The number of nitrogens with zero attached hydrogens (tertiary/aromatic N) is 1. The van der Waals surface area contributed by atoms with Crippen molar-refractivity contribution >= 4 is 16.8 Å². The lowest BCUT2D eigenvalue weighted by atomic mass is 9.97. The molecule has 2 aromatic heterocycles. The van der Waals surface area contributed by atoms with Crippen molar-refractivity contribution in [2.24, 2.45) is 0 Å². The Kier molecular flexibility index (Phi) is 3.11. The Morgan fingerprint density at radius 3 is 2.90 bits per heavy atom. The van der Waals surface area contributed by atoms with E-state index in [1.807, 2.05) is 24.3 Å². The second kappa shape index (κ2) is 4.93. The number of hydrogen-bond acceptors (Lipinski definition) is 2. The summed E-state index contributed by atoms with van der Waals surface area (Å²) in [6, 6.07) is 9.87. The van der Waals surface area contributed by atoms with Gasteiger partial charge in [0.25, 0.3) is 0 Å². The summed E-state index contributed by atoms with van der Waals surface area (Å²) in [6.07, 6.45) is 3.90. The molecule has 0 fully saturated rings. The molecule has 2 heterocycles. The van der Waals surface area contributed by atoms with Gasteiger partial charge in [0.1, 0.15) is 5.65 Å². The van der Waals surface area contributed by atoms with E-state index in [4.69, 9.17) is 0 Å². The second-order valence-corrected chi connectivity index (χ2v) is 5.06. The summed E-state index contributed by atoms with van der Waals surface area (Å²) < 4.78 is 0. The Morgan fingerprint density at radius 2 is 2.05 bits per heavy atom. The molecule has 0 aliphatic heterocycles. The third-order valence-corrected chi connectivity index (χ3v) is 3.82. The van der Waals surface area contributed by atoms with Gasteiger partial charge < -0.3 is 4.98 Å². The van der Waals surface area contributed by atoms with Crippen molar-refractivity contribution in [2.75, 3.05) is 0 Å². The quantitative estimate of drug-likeness (QED) is 0.734. The zero-order chi connectivity index (χ0) is 14.1. The van der Waals surface area contributed by atoms with E-state index in [9.17, 15) is 4.79 Å². The largest absolute Gasteiger partial charge is 0.345 e. The monoisotopic (exact) mass is 264 g/mol. The van der Waals surface area contributed by atoms with Gasteiger partial charge in [0.2, 0.25) is 0 Å². The van der Waals surface area contributed by atoms with Crippen LogP contribution in [0.2, 0.25) is 0 Å². The SMILES string of the molecule is Cc1cccc(CC(=O)c2c[nH]c3ncccc23)c1C. The molecule has 20 heavy (non-hydrogen) atoms. The average Bonchev–Trinajstić information content (AvgIpc) is 2.88. The standard InChI is InChI=1S/C17H16N2O/c1-11-5-3-6-13(12(11)2)9-16(20)15-10-19-17-14(15)7-4-8-18-17/h3-8,10H,9H2,1-2H3,(H,18,19). The smallest absolute Gasteiger partial charge is 0.169 e. The summed E-state index contributed by atoms with van der Waals surface area (Å²) in [6.45, 7) is 4.13. The van der Waals surface area contributed by atoms with Crippen molar-refractivity contribution in [3.63, 3.8) is 0 Å². The van der Waals surface area contributed by atoms with Gasteiger partial charge in [-0.3, -0.25) is 4.79 Å². The maximum absolute atomic E-state index is 12.5. The highest BCUT2D eigenvalue weighted by molar-refractivity contribution is 6.07. The molecule has 3 nitrogen and oxygen atoms in total. The first kappa shape index (κ1) is 12.6. The highest BCUT2D eigenvalue weighted by Gasteiger charge is 2.14. The lowest BCUT2D eigenvalue weighted by Gasteiger charge is -2.07. The van der Waals surface area contributed by atoms with Crippen LogP contribution in [0.25, 0.3) is 11.0 Å². The first-order valence-electron chi connectivity index (χ1n) is 6.67. The van der Waals surface area contributed by atoms with Crippen molar-refractivity contribution < 1.29 is 4.79 Å². The molecule has 0 saturated heterocycles. The van der Waals surface area contributed by atoms with Crippen LogP contribution in [0.5, 0.6) is 0 Å². The highest BCUT2D eigenvalue weighted by Crippen LogP contribution is 2.20. The third kappa shape index (κ3) is 2.11. The van der Waals surface area contributed by atoms with Crippen LogP contribution in [0.15, 0.2) is 42.7 Å². The molecule has 1 N–H and O–H groups in total. The molecule has 100 valence electrons. The predicted octanol–water partition coefficient (Wildman–Crippen LogP) is 3.61. The van der Waals surface area contributed by atoms with Gasteiger partial charge in [0.15, 0.2) is 5.78 Å². The molecular weight excluding hydrogens is 248 g/mol. The van der Waals surface area contributed by atoms with E-state index < -0.39 is 0 Å². The minimum Gasteiger partial charge on any atom is -0.345 e. The summed E-state index contributed by atoms with van der Waals surface area (Å²) in [4.78, 5) is 19.8. The minimum atomic E-state index is 0.123. The molecule has 0 spiro atoms. The number of Topliss-reactive ketones (excluding diaryl/α,β-unsaturated/α-hetero) is 1. The third-order valence-electron chi connectivity index (χ3n) is 3.82. The summed E-state index contributed by atoms with van der Waals surface area (Å²) in [7, 11) is 0. The maximum atomic E-state index is 12.5. The molecule has 0 amide bonds. The van der Waals surface area contributed by atoms with Gasteiger partial charge >= 0.3 is 0 Å². The van der Waals surface area contributed by atoms with E-state index in [1.54, 1.807) is 12.4 Å². The van der Waals surface area contributed by atoms with E-state index >= 15 is 0 Å². The number of hydrogen-bond donors (Lipinski definition) is 1. The number of carbonyl (C=O) groups excluding carboxylic acids is 1. The summed E-state index contributed by atoms with van der Waals surface area (Å²) >= 11 is 0. The molecular formula is C17H16N2O. The van der Waals surface area contributed by atoms with E-state index in [2.05, 4.69) is 29.9 Å². The van der Waals surface area contributed by atoms with Gasteiger partial charge in [-0.2, -0.15) is 0 Å². The number of aromatic amines is 1. The molecule has 0 bridgehead atoms. The Labute approximate surface area is 117 Å². The molecule has 0 radical (unpaired) electrons. The first-order chi connectivity index (χ1) is 9.66. The number of pyridine rings is 1. The maximum Gasteiger partial charge on any atom is 0.169 e. The van der Waals surface area contributed by atoms with Gasteiger partial charge in [-0.25, -0.2) is 4.98 Å². The number of carbonyl (C=O) groups is 1. The Morgan fingerprint density at radius 1 is 1.20 bits per heavy atom. The number of aromatic nitrogens is 2. The zero-order valence-corrected chi connectivity index (χ0v) is 11.6. The number of H-pyrrole nitrogens is 1. The van der Waals surface area contributed by atoms with Crippen molar-refractivity contribution in [1.29, 1.82) is 0 Å². The molecule has 0 atom stereocenters. The van der Waals surface area contributed by atoms with Crippen molar-refractivity contribution in [1.82, 2.24) is 9.97 Å². The number of aryl methyl sites for hydroxylation is 1. The summed E-state index contributed by atoms with van der Waals surface area (Å²) in [5.41, 5.74) is 4.98. The predicted molar refractivity (Wildman–Crippen MR) is 80.0 cm³/mol. The van der Waals surface area contributed by atoms with Crippen LogP contribution < -0.4 is 0 Å². The van der Waals surface area contributed by atoms with E-state index in [-0.39, 0.29) is 5.78 Å². The van der Waals surface area contributed by atoms with Gasteiger partial charge in [-0.05, 0) is 42.7 Å². The fourth-order valence-electron chi connectivity index (χ4n) is 2.46. The van der Waals surface area contributed by atoms with Crippen LogP contribution in [-0.4, -0.2) is 15.8 Å². The van der Waals surface area contributed by atoms with Gasteiger partial charge in [-0.1, -0.05) is 18.2 Å². The molecule has 0 aliphatic carbocycles. The molecule has 0 aliphatic rings. The van der Waals surface area contributed by atoms with Crippen molar-refractivity contribution in [3.8, 4) is 0 Å². The molecule has 1 aromatic carbocycles. The zero-order valence-electron chi connectivity index (χ0n) is 11.6. The average molecular weight is 264 g/mol. The lowest BCUT2D eigenvalue weighted by molar-refractivity contribution is 0.0994. The van der Waals surface area contributed by atoms with E-state index in [0.717, 1.165) is 16.6 Å². The number of fused-ring (bicyclic) bond motifs is 1. The Bertz CT molecular complexity index is 787. The van der Waals surface area contributed by atoms with E-state index in [0.29, 0.717) is 12.0 Å². The topological polar surface area (TPSA) is 45.8 Å². The van der Waals surface area contributed by atoms with Crippen molar-refractivity contribution in [2.45, 2.75) is 20.3 Å². The fraction of sp³-hybridized carbons (Fsp3) is 0.176. The summed E-state index contributed by atoms with van der Waals surface area (Å²) in [5.74, 6) is 0.123. The number of ketones is 1. The normalized spacial score (nSPS) is 10.9. The number of benzene rings is 1. The molecule has 0 saturated carbocycles. The van der Waals surface area contributed by atoms with Crippen LogP contribution >= 0.6 is 0 Å². The molecule has 0 unspecified atom stereocenters. The first-order valence-corrected chi connectivity index (χ1v) is 6.67. The van der Waals surface area contributed by atoms with E-state index in [1.165, 1.54) is 11.1 Å². The van der Waals surface area contributed by atoms with Crippen LogP contribution in [0.3, 0.4) is 0 Å². The van der Waals surface area contributed by atoms with Crippen LogP contribution in [0, 0.1) is 13.8 Å². The molecule has 3 aromatic rings. The van der Waals surface area contributed by atoms with Crippen LogP contribution in [-0.2, 0) is 6.42 Å². The number of nitrogens with one attached hydrogen (secondary N) is 1. The lowest BCUT2D eigenvalue weighted by Crippen LogP contribution is -2.05. The van der Waals surface area contributed by atoms with Crippen LogP contribution in [0.4, 0.5) is 0 Å². The van der Waals surface area contributed by atoms with Gasteiger partial charge in [-0.15, -0.1) is 0 Å². The summed E-state index contributed by atoms with van der Waals surface area (Å²) in [5, 5.41) is 0.891. The minimum absolute atomic E-state index is 0.123. The van der Waals surface area contributed by atoms with Crippen LogP contribution in [0.1, 0.15) is 27.0 Å². The highest BCUT2D eigenvalue weighted by atomic mass is 16.1. The Balaban J connectivity index is 1.95. The molecule has 3 heteroatoms. The van der Waals surface area contributed by atoms with Gasteiger partial charge in [0.05, 0.1) is 0 Å². The second-order valence-electron chi connectivity index (χ2n) is 5.06. The molecule has 3 rings (SSSR count). The van der Waals surface area contributed by atoms with Gasteiger partial charge in [0, 0.05) is 29.8 Å². The van der Waals surface area contributed by atoms with Crippen molar-refractivity contribution in [3.05, 3.63) is 65.0 Å².